The largest absolute Gasteiger partial charge is 0.287 e. The maximum atomic E-state index is 13.3. The van der Waals surface area contributed by atoms with Crippen molar-refractivity contribution < 1.29 is 0 Å². The van der Waals surface area contributed by atoms with Crippen LogP contribution in [0.3, 0.4) is 0 Å². The molecule has 0 aliphatic heterocycles. The summed E-state index contributed by atoms with van der Waals surface area (Å²) in [4.78, 5) is 18.1. The minimum Gasteiger partial charge on any atom is -0.287 e. The zero-order chi connectivity index (χ0) is 17.7. The van der Waals surface area contributed by atoms with Crippen molar-refractivity contribution in [3.05, 3.63) is 94.4 Å². The summed E-state index contributed by atoms with van der Waals surface area (Å²) in [6.07, 6.45) is 2.00. The Bertz CT molecular complexity index is 1330. The Labute approximate surface area is 150 Å². The van der Waals surface area contributed by atoms with Gasteiger partial charge in [-0.1, -0.05) is 48.5 Å². The molecule has 0 amide bonds. The van der Waals surface area contributed by atoms with E-state index in [4.69, 9.17) is 4.98 Å². The molecule has 5 rings (SSSR count). The molecule has 0 aliphatic carbocycles. The summed E-state index contributed by atoms with van der Waals surface area (Å²) in [5, 5.41) is 1.61. The molecule has 0 fully saturated rings. The first-order valence-corrected chi connectivity index (χ1v) is 8.66. The first kappa shape index (κ1) is 14.9. The van der Waals surface area contributed by atoms with Gasteiger partial charge in [-0.3, -0.25) is 13.8 Å². The summed E-state index contributed by atoms with van der Waals surface area (Å²) >= 11 is 0. The van der Waals surface area contributed by atoms with Gasteiger partial charge in [0.25, 0.3) is 5.56 Å². The smallest absolute Gasteiger partial charge is 0.260 e. The topological polar surface area (TPSA) is 39.3 Å². The minimum absolute atomic E-state index is 0.0133. The van der Waals surface area contributed by atoms with Gasteiger partial charge in [0, 0.05) is 17.0 Å². The van der Waals surface area contributed by atoms with Gasteiger partial charge in [-0.2, -0.15) is 0 Å². The molecule has 0 bridgehead atoms. The van der Waals surface area contributed by atoms with E-state index in [1.54, 1.807) is 0 Å². The second kappa shape index (κ2) is 5.56. The number of nitrogens with zero attached hydrogens (tertiary/aromatic N) is 3. The van der Waals surface area contributed by atoms with Gasteiger partial charge in [0.1, 0.15) is 16.8 Å². The lowest BCUT2D eigenvalue weighted by Crippen LogP contribution is -2.22. The van der Waals surface area contributed by atoms with Crippen LogP contribution in [0.5, 0.6) is 0 Å². The fourth-order valence-electron chi connectivity index (χ4n) is 3.60. The Kier molecular flexibility index (Phi) is 3.19. The van der Waals surface area contributed by atoms with E-state index >= 15 is 0 Å². The molecule has 5 aromatic rings. The van der Waals surface area contributed by atoms with Crippen molar-refractivity contribution in [1.82, 2.24) is 14.0 Å². The van der Waals surface area contributed by atoms with Crippen molar-refractivity contribution in [2.24, 2.45) is 0 Å². The van der Waals surface area contributed by atoms with Crippen molar-refractivity contribution in [3.63, 3.8) is 0 Å². The highest BCUT2D eigenvalue weighted by molar-refractivity contribution is 6.03. The molecule has 2 aromatic carbocycles. The van der Waals surface area contributed by atoms with Crippen molar-refractivity contribution >= 4 is 27.6 Å². The van der Waals surface area contributed by atoms with Gasteiger partial charge in [0.05, 0.1) is 6.54 Å². The van der Waals surface area contributed by atoms with E-state index in [-0.39, 0.29) is 5.56 Å². The molecule has 0 saturated carbocycles. The average molecular weight is 339 g/mol. The molecule has 4 nitrogen and oxygen atoms in total. The third kappa shape index (κ3) is 2.15. The molecule has 126 valence electrons. The molecular weight excluding hydrogens is 322 g/mol. The van der Waals surface area contributed by atoms with E-state index < -0.39 is 0 Å². The standard InChI is InChI=1S/C22H17N3O/c1-15-11-12-24-19(13-15)23-20-17-9-5-6-10-18(17)22(26)25(21(20)24)14-16-7-3-2-4-8-16/h2-13H,14H2,1H3. The lowest BCUT2D eigenvalue weighted by molar-refractivity contribution is 0.787. The van der Waals surface area contributed by atoms with Crippen LogP contribution < -0.4 is 5.56 Å². The third-order valence-electron chi connectivity index (χ3n) is 4.85. The number of pyridine rings is 2. The Morgan fingerprint density at radius 1 is 0.923 bits per heavy atom. The summed E-state index contributed by atoms with van der Waals surface area (Å²) in [6.45, 7) is 2.57. The molecule has 0 radical (unpaired) electrons. The highest BCUT2D eigenvalue weighted by Gasteiger charge is 2.16. The van der Waals surface area contributed by atoms with Gasteiger partial charge in [-0.25, -0.2) is 4.98 Å². The number of benzene rings is 2. The SMILES string of the molecule is Cc1ccn2c(c1)nc1c3ccccc3c(=O)n(Cc3ccccc3)c12. The number of aryl methyl sites for hydroxylation is 1. The lowest BCUT2D eigenvalue weighted by Gasteiger charge is -2.11. The summed E-state index contributed by atoms with van der Waals surface area (Å²) in [5.41, 5.74) is 4.81. The van der Waals surface area contributed by atoms with Gasteiger partial charge < -0.3 is 0 Å². The molecule has 0 saturated heterocycles. The van der Waals surface area contributed by atoms with Crippen LogP contribution in [0, 0.1) is 6.92 Å². The predicted octanol–water partition coefficient (Wildman–Crippen LogP) is 4.16. The normalized spacial score (nSPS) is 11.6. The van der Waals surface area contributed by atoms with E-state index in [0.29, 0.717) is 11.9 Å². The van der Waals surface area contributed by atoms with Gasteiger partial charge in [-0.15, -0.1) is 0 Å². The number of hydrogen-bond donors (Lipinski definition) is 0. The van der Waals surface area contributed by atoms with Gasteiger partial charge >= 0.3 is 0 Å². The fraction of sp³-hybridized carbons (Fsp3) is 0.0909. The first-order valence-electron chi connectivity index (χ1n) is 8.66. The highest BCUT2D eigenvalue weighted by atomic mass is 16.1. The Morgan fingerprint density at radius 2 is 1.65 bits per heavy atom. The molecule has 0 spiro atoms. The fourth-order valence-corrected chi connectivity index (χ4v) is 3.60. The number of aromatic nitrogens is 3. The molecule has 0 aliphatic rings. The molecular formula is C22H17N3O. The van der Waals surface area contributed by atoms with Crippen molar-refractivity contribution in [2.75, 3.05) is 0 Å². The second-order valence-electron chi connectivity index (χ2n) is 6.64. The van der Waals surface area contributed by atoms with Crippen LogP contribution in [0.1, 0.15) is 11.1 Å². The van der Waals surface area contributed by atoms with E-state index in [1.165, 1.54) is 0 Å². The van der Waals surface area contributed by atoms with Crippen LogP contribution in [0.2, 0.25) is 0 Å². The molecule has 3 heterocycles. The monoisotopic (exact) mass is 339 g/mol. The Morgan fingerprint density at radius 3 is 2.46 bits per heavy atom. The summed E-state index contributed by atoms with van der Waals surface area (Å²) in [6, 6.07) is 21.9. The molecule has 0 unspecified atom stereocenters. The average Bonchev–Trinajstić information content (AvgIpc) is 3.04. The maximum absolute atomic E-state index is 13.3. The van der Waals surface area contributed by atoms with Crippen molar-refractivity contribution in [2.45, 2.75) is 13.5 Å². The van der Waals surface area contributed by atoms with E-state index in [2.05, 4.69) is 6.92 Å². The molecule has 3 aromatic heterocycles. The van der Waals surface area contributed by atoms with Crippen LogP contribution in [0.15, 0.2) is 77.7 Å². The second-order valence-corrected chi connectivity index (χ2v) is 6.64. The summed E-state index contributed by atoms with van der Waals surface area (Å²) in [7, 11) is 0. The number of rotatable bonds is 2. The van der Waals surface area contributed by atoms with Crippen LogP contribution >= 0.6 is 0 Å². The minimum atomic E-state index is 0.0133. The quantitative estimate of drug-likeness (QED) is 0.484. The number of hydrogen-bond acceptors (Lipinski definition) is 2. The third-order valence-corrected chi connectivity index (χ3v) is 4.85. The Hall–Kier alpha value is -3.40. The van der Waals surface area contributed by atoms with Crippen molar-refractivity contribution in [1.29, 1.82) is 0 Å². The Balaban J connectivity index is 1.96. The lowest BCUT2D eigenvalue weighted by atomic mass is 10.1. The molecule has 26 heavy (non-hydrogen) atoms. The summed E-state index contributed by atoms with van der Waals surface area (Å²) in [5.74, 6) is 0. The van der Waals surface area contributed by atoms with Gasteiger partial charge in [-0.05, 0) is 36.2 Å². The van der Waals surface area contributed by atoms with E-state index in [9.17, 15) is 4.79 Å². The van der Waals surface area contributed by atoms with Crippen LogP contribution in [0.4, 0.5) is 0 Å². The zero-order valence-electron chi connectivity index (χ0n) is 14.4. The maximum Gasteiger partial charge on any atom is 0.260 e. The molecule has 4 heteroatoms. The van der Waals surface area contributed by atoms with Crippen molar-refractivity contribution in [3.8, 4) is 0 Å². The zero-order valence-corrected chi connectivity index (χ0v) is 14.4. The number of imidazole rings is 1. The molecule has 0 atom stereocenters. The predicted molar refractivity (Wildman–Crippen MR) is 105 cm³/mol. The first-order chi connectivity index (χ1) is 12.7. The van der Waals surface area contributed by atoms with Crippen LogP contribution in [0.25, 0.3) is 27.6 Å². The number of fused-ring (bicyclic) bond motifs is 5. The van der Waals surface area contributed by atoms with E-state index in [1.807, 2.05) is 81.9 Å². The van der Waals surface area contributed by atoms with Gasteiger partial charge in [0.15, 0.2) is 0 Å². The molecule has 0 N–H and O–H groups in total. The highest BCUT2D eigenvalue weighted by Crippen LogP contribution is 2.24. The van der Waals surface area contributed by atoms with E-state index in [0.717, 1.165) is 33.3 Å². The van der Waals surface area contributed by atoms with Gasteiger partial charge in [0.2, 0.25) is 0 Å². The summed E-state index contributed by atoms with van der Waals surface area (Å²) < 4.78 is 3.85. The van der Waals surface area contributed by atoms with Crippen LogP contribution in [-0.2, 0) is 6.54 Å². The van der Waals surface area contributed by atoms with Crippen LogP contribution in [-0.4, -0.2) is 14.0 Å².